The molecule has 0 fully saturated rings. The predicted molar refractivity (Wildman–Crippen MR) is 72.5 cm³/mol. The maximum Gasteiger partial charge on any atom is 0.241 e. The van der Waals surface area contributed by atoms with Gasteiger partial charge in [0, 0.05) is 18.3 Å². The van der Waals surface area contributed by atoms with E-state index < -0.39 is 10.0 Å². The summed E-state index contributed by atoms with van der Waals surface area (Å²) in [5.41, 5.74) is 6.18. The van der Waals surface area contributed by atoms with Crippen molar-refractivity contribution in [2.24, 2.45) is 5.73 Å². The molecule has 0 heterocycles. The van der Waals surface area contributed by atoms with Crippen LogP contribution in [0.4, 0.5) is 0 Å². The van der Waals surface area contributed by atoms with Crippen molar-refractivity contribution in [3.05, 3.63) is 29.8 Å². The highest BCUT2D eigenvalue weighted by molar-refractivity contribution is 7.98. The summed E-state index contributed by atoms with van der Waals surface area (Å²) in [5.74, 6) is 0.740. The van der Waals surface area contributed by atoms with Crippen LogP contribution in [0.25, 0.3) is 0 Å². The van der Waals surface area contributed by atoms with Gasteiger partial charge in [-0.1, -0.05) is 18.2 Å². The fraction of sp³-hybridized carbons (Fsp3) is 0.455. The lowest BCUT2D eigenvalue weighted by atomic mass is 10.2. The van der Waals surface area contributed by atoms with Crippen LogP contribution in [0.3, 0.4) is 0 Å². The summed E-state index contributed by atoms with van der Waals surface area (Å²) in [6.45, 7) is 2.06. The van der Waals surface area contributed by atoms with Gasteiger partial charge in [-0.2, -0.15) is 11.8 Å². The zero-order valence-electron chi connectivity index (χ0n) is 10.0. The smallest absolute Gasteiger partial charge is 0.241 e. The average molecular weight is 274 g/mol. The molecule has 0 amide bonds. The minimum atomic E-state index is -3.47. The molecule has 0 radical (unpaired) electrons. The molecule has 0 bridgehead atoms. The Labute approximate surface area is 107 Å². The van der Waals surface area contributed by atoms with Crippen LogP contribution in [0, 0.1) is 0 Å². The van der Waals surface area contributed by atoms with Gasteiger partial charge in [-0.05, 0) is 24.8 Å². The van der Waals surface area contributed by atoms with Crippen LogP contribution in [0.5, 0.6) is 0 Å². The van der Waals surface area contributed by atoms with Crippen molar-refractivity contribution < 1.29 is 8.42 Å². The first-order valence-corrected chi connectivity index (χ1v) is 8.18. The molecule has 1 unspecified atom stereocenters. The maximum atomic E-state index is 12.1. The van der Waals surface area contributed by atoms with Crippen LogP contribution in [-0.2, 0) is 16.6 Å². The van der Waals surface area contributed by atoms with Crippen molar-refractivity contribution in [2.75, 3.05) is 12.0 Å². The zero-order valence-corrected chi connectivity index (χ0v) is 11.6. The molecule has 0 aliphatic carbocycles. The Morgan fingerprint density at radius 2 is 2.06 bits per heavy atom. The maximum absolute atomic E-state index is 12.1. The van der Waals surface area contributed by atoms with Crippen LogP contribution < -0.4 is 10.5 Å². The molecular formula is C11H18N2O2S2. The van der Waals surface area contributed by atoms with E-state index >= 15 is 0 Å². The molecule has 0 saturated heterocycles. The summed E-state index contributed by atoms with van der Waals surface area (Å²) in [5, 5.41) is 0. The molecule has 4 nitrogen and oxygen atoms in total. The molecule has 1 rings (SSSR count). The van der Waals surface area contributed by atoms with E-state index in [0.717, 1.165) is 5.75 Å². The molecule has 3 N–H and O–H groups in total. The van der Waals surface area contributed by atoms with Crippen molar-refractivity contribution in [1.82, 2.24) is 4.72 Å². The molecule has 96 valence electrons. The van der Waals surface area contributed by atoms with Crippen molar-refractivity contribution in [2.45, 2.75) is 24.4 Å². The Balaban J connectivity index is 2.97. The second kappa shape index (κ2) is 6.39. The molecule has 0 aromatic heterocycles. The fourth-order valence-corrected chi connectivity index (χ4v) is 3.73. The Bertz CT molecular complexity index is 460. The van der Waals surface area contributed by atoms with E-state index in [0.29, 0.717) is 5.56 Å². The summed E-state index contributed by atoms with van der Waals surface area (Å²) in [4.78, 5) is 0.274. The molecule has 0 spiro atoms. The van der Waals surface area contributed by atoms with Crippen molar-refractivity contribution >= 4 is 21.8 Å². The van der Waals surface area contributed by atoms with E-state index in [1.54, 1.807) is 36.0 Å². The van der Waals surface area contributed by atoms with E-state index in [1.165, 1.54) is 0 Å². The predicted octanol–water partition coefficient (Wildman–Crippen LogP) is 1.18. The first-order chi connectivity index (χ1) is 8.01. The number of nitrogens with one attached hydrogen (secondary N) is 1. The third-order valence-corrected chi connectivity index (χ3v) is 4.78. The van der Waals surface area contributed by atoms with Crippen LogP contribution in [0.2, 0.25) is 0 Å². The van der Waals surface area contributed by atoms with E-state index in [4.69, 9.17) is 5.73 Å². The van der Waals surface area contributed by atoms with E-state index in [-0.39, 0.29) is 17.5 Å². The second-order valence-electron chi connectivity index (χ2n) is 3.79. The average Bonchev–Trinajstić information content (AvgIpc) is 2.28. The van der Waals surface area contributed by atoms with Gasteiger partial charge in [0.25, 0.3) is 0 Å². The van der Waals surface area contributed by atoms with E-state index in [9.17, 15) is 8.42 Å². The van der Waals surface area contributed by atoms with Gasteiger partial charge in [0.05, 0.1) is 4.90 Å². The Kier molecular flexibility index (Phi) is 5.45. The Hall–Kier alpha value is -0.560. The second-order valence-corrected chi connectivity index (χ2v) is 6.38. The molecule has 1 aromatic rings. The minimum Gasteiger partial charge on any atom is -0.326 e. The molecule has 0 aliphatic heterocycles. The summed E-state index contributed by atoms with van der Waals surface area (Å²) < 4.78 is 26.9. The third-order valence-electron chi connectivity index (χ3n) is 2.26. The van der Waals surface area contributed by atoms with Crippen LogP contribution >= 0.6 is 11.8 Å². The number of rotatable bonds is 6. The van der Waals surface area contributed by atoms with Gasteiger partial charge in [0.2, 0.25) is 10.0 Å². The highest BCUT2D eigenvalue weighted by atomic mass is 32.2. The first kappa shape index (κ1) is 14.5. The van der Waals surface area contributed by atoms with Crippen molar-refractivity contribution in [1.29, 1.82) is 0 Å². The quantitative estimate of drug-likeness (QED) is 0.817. The molecule has 0 saturated carbocycles. The lowest BCUT2D eigenvalue weighted by molar-refractivity contribution is 0.570. The summed E-state index contributed by atoms with van der Waals surface area (Å²) in [7, 11) is -3.47. The Morgan fingerprint density at radius 3 is 2.65 bits per heavy atom. The van der Waals surface area contributed by atoms with Crippen molar-refractivity contribution in [3.63, 3.8) is 0 Å². The minimum absolute atomic E-state index is 0.0965. The zero-order chi connectivity index (χ0) is 12.9. The standard InChI is InChI=1S/C11H18N2O2S2/c1-9(8-16-2)13-17(14,15)11-6-4-3-5-10(11)7-12/h3-6,9,13H,7-8,12H2,1-2H3. The largest absolute Gasteiger partial charge is 0.326 e. The third kappa shape index (κ3) is 3.99. The van der Waals surface area contributed by atoms with E-state index in [1.807, 2.05) is 13.2 Å². The van der Waals surface area contributed by atoms with Crippen LogP contribution in [0.15, 0.2) is 29.2 Å². The summed E-state index contributed by atoms with van der Waals surface area (Å²) in [6.07, 6.45) is 1.94. The topological polar surface area (TPSA) is 72.2 Å². The highest BCUT2D eigenvalue weighted by Gasteiger charge is 2.19. The molecule has 1 atom stereocenters. The van der Waals surface area contributed by atoms with Gasteiger partial charge in [0.1, 0.15) is 0 Å². The SMILES string of the molecule is CSCC(C)NS(=O)(=O)c1ccccc1CN. The molecule has 0 aliphatic rings. The van der Waals surface area contributed by atoms with E-state index in [2.05, 4.69) is 4.72 Å². The molecule has 6 heteroatoms. The van der Waals surface area contributed by atoms with Gasteiger partial charge < -0.3 is 5.73 Å². The number of thioether (sulfide) groups is 1. The monoisotopic (exact) mass is 274 g/mol. The molecular weight excluding hydrogens is 256 g/mol. The van der Waals surface area contributed by atoms with Crippen LogP contribution in [-0.4, -0.2) is 26.5 Å². The number of sulfonamides is 1. The van der Waals surface area contributed by atoms with Gasteiger partial charge in [-0.3, -0.25) is 0 Å². The molecule has 1 aromatic carbocycles. The number of hydrogen-bond acceptors (Lipinski definition) is 4. The molecule has 17 heavy (non-hydrogen) atoms. The highest BCUT2D eigenvalue weighted by Crippen LogP contribution is 2.15. The number of hydrogen-bond donors (Lipinski definition) is 2. The lowest BCUT2D eigenvalue weighted by Crippen LogP contribution is -2.34. The van der Waals surface area contributed by atoms with Gasteiger partial charge in [0.15, 0.2) is 0 Å². The first-order valence-electron chi connectivity index (χ1n) is 5.30. The van der Waals surface area contributed by atoms with Gasteiger partial charge in [-0.25, -0.2) is 13.1 Å². The number of benzene rings is 1. The lowest BCUT2D eigenvalue weighted by Gasteiger charge is -2.14. The van der Waals surface area contributed by atoms with Crippen molar-refractivity contribution in [3.8, 4) is 0 Å². The number of nitrogens with two attached hydrogens (primary N) is 1. The normalized spacial score (nSPS) is 13.6. The summed E-state index contributed by atoms with van der Waals surface area (Å²) >= 11 is 1.60. The van der Waals surface area contributed by atoms with Crippen LogP contribution in [0.1, 0.15) is 12.5 Å². The fourth-order valence-electron chi connectivity index (χ4n) is 1.55. The van der Waals surface area contributed by atoms with Gasteiger partial charge >= 0.3 is 0 Å². The van der Waals surface area contributed by atoms with Gasteiger partial charge in [-0.15, -0.1) is 0 Å². The Morgan fingerprint density at radius 1 is 1.41 bits per heavy atom. The summed E-state index contributed by atoms with van der Waals surface area (Å²) in [6, 6.07) is 6.70.